The molecule has 16 heavy (non-hydrogen) atoms. The predicted octanol–water partition coefficient (Wildman–Crippen LogP) is 3.36. The maximum absolute atomic E-state index is 11.6. The number of halogens is 1. The molecule has 0 fully saturated rings. The maximum Gasteiger partial charge on any atom is 0.343 e. The molecule has 0 spiro atoms. The van der Waals surface area contributed by atoms with Gasteiger partial charge in [0.15, 0.2) is 0 Å². The van der Waals surface area contributed by atoms with Crippen LogP contribution in [0.1, 0.15) is 10.4 Å². The molecule has 0 amide bonds. The lowest BCUT2D eigenvalue weighted by atomic mass is 10.2. The highest BCUT2D eigenvalue weighted by atomic mass is 35.5. The largest absolute Gasteiger partial charge is 0.423 e. The number of carbonyl (C=O) groups is 1. The summed E-state index contributed by atoms with van der Waals surface area (Å²) in [6.45, 7) is 0. The van der Waals surface area contributed by atoms with Gasteiger partial charge >= 0.3 is 5.97 Å². The first-order valence-corrected chi connectivity index (χ1v) is 5.07. The Labute approximate surface area is 98.4 Å². The van der Waals surface area contributed by atoms with E-state index in [9.17, 15) is 4.79 Å². The molecule has 2 rings (SSSR count). The van der Waals surface area contributed by atoms with Gasteiger partial charge in [-0.15, -0.1) is 0 Å². The number of benzene rings is 2. The lowest BCUT2D eigenvalue weighted by molar-refractivity contribution is 0.0735. The van der Waals surface area contributed by atoms with E-state index in [0.29, 0.717) is 16.3 Å². The summed E-state index contributed by atoms with van der Waals surface area (Å²) < 4.78 is 5.14. The summed E-state index contributed by atoms with van der Waals surface area (Å²) in [6, 6.07) is 16.1. The second-order valence-corrected chi connectivity index (χ2v) is 3.57. The molecule has 2 nitrogen and oxygen atoms in total. The molecule has 0 N–H and O–H groups in total. The second kappa shape index (κ2) is 4.81. The molecule has 0 heterocycles. The Bertz CT molecular complexity index is 477. The summed E-state index contributed by atoms with van der Waals surface area (Å²) >= 11 is 5.72. The average molecular weight is 232 g/mol. The third-order valence-corrected chi connectivity index (χ3v) is 2.23. The van der Waals surface area contributed by atoms with Crippen molar-refractivity contribution in [3.63, 3.8) is 0 Å². The Morgan fingerprint density at radius 3 is 2.31 bits per heavy atom. The van der Waals surface area contributed by atoms with E-state index < -0.39 is 5.97 Å². The molecule has 0 saturated heterocycles. The smallest absolute Gasteiger partial charge is 0.343 e. The fourth-order valence-electron chi connectivity index (χ4n) is 1.19. The van der Waals surface area contributed by atoms with E-state index in [1.165, 1.54) is 0 Å². The van der Waals surface area contributed by atoms with E-state index in [0.717, 1.165) is 0 Å². The Morgan fingerprint density at radius 1 is 1.06 bits per heavy atom. The van der Waals surface area contributed by atoms with Gasteiger partial charge in [-0.25, -0.2) is 4.79 Å². The zero-order valence-electron chi connectivity index (χ0n) is 8.31. The van der Waals surface area contributed by atoms with E-state index in [1.807, 2.05) is 0 Å². The molecule has 0 aliphatic carbocycles. The van der Waals surface area contributed by atoms with Crippen LogP contribution in [0.4, 0.5) is 0 Å². The highest BCUT2D eigenvalue weighted by Crippen LogP contribution is 2.13. The van der Waals surface area contributed by atoms with Crippen LogP contribution in [0.2, 0.25) is 5.02 Å². The number of hydrogen-bond donors (Lipinski definition) is 0. The second-order valence-electron chi connectivity index (χ2n) is 3.13. The molecule has 0 bridgehead atoms. The zero-order valence-corrected chi connectivity index (χ0v) is 9.07. The first-order valence-electron chi connectivity index (χ1n) is 4.69. The zero-order chi connectivity index (χ0) is 11.4. The molecule has 0 aliphatic heterocycles. The van der Waals surface area contributed by atoms with Crippen LogP contribution in [-0.2, 0) is 0 Å². The van der Waals surface area contributed by atoms with Gasteiger partial charge in [0.05, 0.1) is 5.56 Å². The van der Waals surface area contributed by atoms with Gasteiger partial charge in [-0.2, -0.15) is 0 Å². The molecule has 79 valence electrons. The third-order valence-electron chi connectivity index (χ3n) is 1.98. The van der Waals surface area contributed by atoms with Crippen LogP contribution in [0.25, 0.3) is 0 Å². The predicted molar refractivity (Wildman–Crippen MR) is 61.7 cm³/mol. The summed E-state index contributed by atoms with van der Waals surface area (Å²) in [4.78, 5) is 11.6. The van der Waals surface area contributed by atoms with Crippen LogP contribution in [0.15, 0.2) is 48.5 Å². The van der Waals surface area contributed by atoms with Crippen molar-refractivity contribution in [3.8, 4) is 5.75 Å². The van der Waals surface area contributed by atoms with Gasteiger partial charge in [0.1, 0.15) is 5.75 Å². The quantitative estimate of drug-likeness (QED) is 0.585. The Kier molecular flexibility index (Phi) is 3.22. The van der Waals surface area contributed by atoms with Crippen LogP contribution in [0.3, 0.4) is 0 Å². The van der Waals surface area contributed by atoms with Crippen LogP contribution in [0.5, 0.6) is 5.75 Å². The lowest BCUT2D eigenvalue weighted by Gasteiger charge is -2.03. The van der Waals surface area contributed by atoms with Crippen molar-refractivity contribution in [2.75, 3.05) is 0 Å². The topological polar surface area (TPSA) is 26.3 Å². The summed E-state index contributed by atoms with van der Waals surface area (Å²) in [5.41, 5.74) is 0.470. The standard InChI is InChI=1S/C13H8ClO2/c14-11-8-6-10(7-9-11)13(15)16-12-4-2-1-3-5-12/h2-9H. The van der Waals surface area contributed by atoms with Crippen LogP contribution < -0.4 is 4.74 Å². The van der Waals surface area contributed by atoms with Crippen molar-refractivity contribution in [2.24, 2.45) is 0 Å². The Balaban J connectivity index is 2.12. The van der Waals surface area contributed by atoms with Gasteiger partial charge in [0.25, 0.3) is 0 Å². The number of hydrogen-bond acceptors (Lipinski definition) is 2. The van der Waals surface area contributed by atoms with E-state index >= 15 is 0 Å². The normalized spacial score (nSPS) is 9.81. The van der Waals surface area contributed by atoms with E-state index in [-0.39, 0.29) is 0 Å². The molecule has 0 aromatic heterocycles. The minimum atomic E-state index is -0.400. The minimum Gasteiger partial charge on any atom is -0.423 e. The third kappa shape index (κ3) is 2.61. The molecule has 0 atom stereocenters. The molecule has 0 unspecified atom stereocenters. The molecular formula is C13H8ClO2. The summed E-state index contributed by atoms with van der Waals surface area (Å²) in [7, 11) is 0. The molecule has 2 aromatic carbocycles. The van der Waals surface area contributed by atoms with Crippen LogP contribution in [-0.4, -0.2) is 5.97 Å². The molecule has 1 radical (unpaired) electrons. The average Bonchev–Trinajstić information content (AvgIpc) is 2.31. The van der Waals surface area contributed by atoms with Gasteiger partial charge in [-0.05, 0) is 42.5 Å². The van der Waals surface area contributed by atoms with Crippen LogP contribution >= 0.6 is 11.6 Å². The van der Waals surface area contributed by atoms with Gasteiger partial charge < -0.3 is 4.74 Å². The fourth-order valence-corrected chi connectivity index (χ4v) is 1.32. The van der Waals surface area contributed by atoms with E-state index in [4.69, 9.17) is 16.3 Å². The van der Waals surface area contributed by atoms with Crippen molar-refractivity contribution < 1.29 is 9.53 Å². The summed E-state index contributed by atoms with van der Waals surface area (Å²) in [5, 5.41) is 0.589. The molecule has 0 saturated carbocycles. The summed E-state index contributed by atoms with van der Waals surface area (Å²) in [6.07, 6.45) is 0. The number of carbonyl (C=O) groups excluding carboxylic acids is 1. The van der Waals surface area contributed by atoms with Gasteiger partial charge in [-0.3, -0.25) is 0 Å². The van der Waals surface area contributed by atoms with Crippen molar-refractivity contribution in [1.82, 2.24) is 0 Å². The van der Waals surface area contributed by atoms with Crippen molar-refractivity contribution in [1.29, 1.82) is 0 Å². The Hall–Kier alpha value is -1.80. The SMILES string of the molecule is O=C(Oc1cc[c]cc1)c1ccc(Cl)cc1. The van der Waals surface area contributed by atoms with Crippen molar-refractivity contribution in [2.45, 2.75) is 0 Å². The van der Waals surface area contributed by atoms with Crippen molar-refractivity contribution >= 4 is 17.6 Å². The lowest BCUT2D eigenvalue weighted by Crippen LogP contribution is -2.07. The number of rotatable bonds is 2. The molecular weight excluding hydrogens is 224 g/mol. The van der Waals surface area contributed by atoms with E-state index in [2.05, 4.69) is 6.07 Å². The Morgan fingerprint density at radius 2 is 1.69 bits per heavy atom. The monoisotopic (exact) mass is 231 g/mol. The van der Waals surface area contributed by atoms with Crippen LogP contribution in [0, 0.1) is 6.07 Å². The van der Waals surface area contributed by atoms with Gasteiger partial charge in [-0.1, -0.05) is 23.7 Å². The van der Waals surface area contributed by atoms with E-state index in [1.54, 1.807) is 48.5 Å². The fraction of sp³-hybridized carbons (Fsp3) is 0. The first-order chi connectivity index (χ1) is 7.75. The molecule has 3 heteroatoms. The highest BCUT2D eigenvalue weighted by molar-refractivity contribution is 6.30. The summed E-state index contributed by atoms with van der Waals surface area (Å²) in [5.74, 6) is 0.0987. The van der Waals surface area contributed by atoms with Crippen molar-refractivity contribution in [3.05, 3.63) is 65.2 Å². The maximum atomic E-state index is 11.6. The van der Waals surface area contributed by atoms with Gasteiger partial charge in [0, 0.05) is 5.02 Å². The number of ether oxygens (including phenoxy) is 1. The minimum absolute atomic E-state index is 0.400. The van der Waals surface area contributed by atoms with Gasteiger partial charge in [0.2, 0.25) is 0 Å². The molecule has 2 aromatic rings. The number of esters is 1. The first kappa shape index (κ1) is 10.7. The highest BCUT2D eigenvalue weighted by Gasteiger charge is 2.07. The molecule has 0 aliphatic rings.